The van der Waals surface area contributed by atoms with Gasteiger partial charge in [-0.2, -0.15) is 0 Å². The van der Waals surface area contributed by atoms with E-state index < -0.39 is 0 Å². The maximum absolute atomic E-state index is 11.7. The first-order valence-corrected chi connectivity index (χ1v) is 6.03. The summed E-state index contributed by atoms with van der Waals surface area (Å²) in [5, 5.41) is 3.60. The van der Waals surface area contributed by atoms with Gasteiger partial charge in [0.2, 0.25) is 0 Å². The summed E-state index contributed by atoms with van der Waals surface area (Å²) >= 11 is 0. The normalized spacial score (nSPS) is 29.9. The Bertz CT molecular complexity index is 218. The molecule has 1 spiro atoms. The van der Waals surface area contributed by atoms with Gasteiger partial charge in [0.15, 0.2) is 0 Å². The predicted molar refractivity (Wildman–Crippen MR) is 57.2 cm³/mol. The molecule has 0 bridgehead atoms. The fraction of sp³-hybridized carbons (Fsp3) is 0.917. The van der Waals surface area contributed by atoms with Crippen molar-refractivity contribution >= 4 is 5.78 Å². The van der Waals surface area contributed by atoms with Crippen LogP contribution < -0.4 is 5.32 Å². The van der Waals surface area contributed by atoms with Gasteiger partial charge in [0, 0.05) is 24.4 Å². The molecule has 14 heavy (non-hydrogen) atoms. The van der Waals surface area contributed by atoms with Crippen LogP contribution in [0.1, 0.15) is 51.9 Å². The summed E-state index contributed by atoms with van der Waals surface area (Å²) < 4.78 is 0. The molecular formula is C12H21NO. The molecule has 1 unspecified atom stereocenters. The molecule has 2 rings (SSSR count). The second-order valence-electron chi connectivity index (χ2n) is 4.99. The van der Waals surface area contributed by atoms with Crippen LogP contribution in [0, 0.1) is 5.92 Å². The van der Waals surface area contributed by atoms with Gasteiger partial charge in [-0.05, 0) is 25.7 Å². The number of ketones is 1. The average Bonchev–Trinajstić information content (AvgIpc) is 2.78. The first-order valence-electron chi connectivity index (χ1n) is 6.03. The van der Waals surface area contributed by atoms with Crippen molar-refractivity contribution in [1.82, 2.24) is 5.32 Å². The Labute approximate surface area is 86.5 Å². The summed E-state index contributed by atoms with van der Waals surface area (Å²) in [5.74, 6) is 0.817. The fourth-order valence-corrected chi connectivity index (χ4v) is 3.07. The highest BCUT2D eigenvalue weighted by Crippen LogP contribution is 2.39. The molecule has 2 nitrogen and oxygen atoms in total. The summed E-state index contributed by atoms with van der Waals surface area (Å²) in [6.07, 6.45) is 8.19. The first-order chi connectivity index (χ1) is 6.76. The number of Topliss-reactive ketones (excluding diaryl/α,β-unsaturated/α-hetero) is 1. The number of carbonyl (C=O) groups excluding carboxylic acids is 1. The molecular weight excluding hydrogens is 174 g/mol. The van der Waals surface area contributed by atoms with E-state index in [2.05, 4.69) is 12.2 Å². The molecule has 0 aromatic rings. The lowest BCUT2D eigenvalue weighted by Crippen LogP contribution is -2.35. The van der Waals surface area contributed by atoms with E-state index in [1.807, 2.05) is 0 Å². The van der Waals surface area contributed by atoms with Gasteiger partial charge in [-0.25, -0.2) is 0 Å². The Kier molecular flexibility index (Phi) is 2.91. The molecule has 0 aromatic carbocycles. The van der Waals surface area contributed by atoms with Gasteiger partial charge in [-0.1, -0.05) is 19.8 Å². The summed E-state index contributed by atoms with van der Waals surface area (Å²) in [6, 6.07) is 0. The lowest BCUT2D eigenvalue weighted by atomic mass is 9.88. The van der Waals surface area contributed by atoms with Gasteiger partial charge < -0.3 is 5.32 Å². The van der Waals surface area contributed by atoms with Crippen LogP contribution >= 0.6 is 0 Å². The number of carbonyl (C=O) groups is 1. The summed E-state index contributed by atoms with van der Waals surface area (Å²) in [4.78, 5) is 11.7. The van der Waals surface area contributed by atoms with E-state index in [1.165, 1.54) is 25.7 Å². The molecule has 0 amide bonds. The van der Waals surface area contributed by atoms with Crippen molar-refractivity contribution in [2.45, 2.75) is 57.4 Å². The van der Waals surface area contributed by atoms with Gasteiger partial charge >= 0.3 is 0 Å². The zero-order valence-electron chi connectivity index (χ0n) is 9.14. The van der Waals surface area contributed by atoms with Crippen molar-refractivity contribution in [2.75, 3.05) is 6.54 Å². The minimum atomic E-state index is 0.327. The Morgan fingerprint density at radius 2 is 2.14 bits per heavy atom. The van der Waals surface area contributed by atoms with Gasteiger partial charge in [0.05, 0.1) is 0 Å². The number of hydrogen-bond acceptors (Lipinski definition) is 2. The van der Waals surface area contributed by atoms with Crippen molar-refractivity contribution in [3.8, 4) is 0 Å². The minimum absolute atomic E-state index is 0.327. The van der Waals surface area contributed by atoms with E-state index in [9.17, 15) is 4.79 Å². The third-order valence-electron chi connectivity index (χ3n) is 3.87. The maximum Gasteiger partial charge on any atom is 0.137 e. The van der Waals surface area contributed by atoms with Gasteiger partial charge in [-0.3, -0.25) is 4.79 Å². The second-order valence-corrected chi connectivity index (χ2v) is 4.99. The van der Waals surface area contributed by atoms with Crippen molar-refractivity contribution in [3.05, 3.63) is 0 Å². The van der Waals surface area contributed by atoms with Crippen LogP contribution in [0.2, 0.25) is 0 Å². The van der Waals surface area contributed by atoms with E-state index in [-0.39, 0.29) is 0 Å². The van der Waals surface area contributed by atoms with Crippen molar-refractivity contribution in [2.24, 2.45) is 5.92 Å². The van der Waals surface area contributed by atoms with Crippen molar-refractivity contribution < 1.29 is 4.79 Å². The number of hydrogen-bond donors (Lipinski definition) is 1. The molecule has 1 heterocycles. The quantitative estimate of drug-likeness (QED) is 0.748. The first kappa shape index (κ1) is 10.2. The molecule has 1 N–H and O–H groups in total. The van der Waals surface area contributed by atoms with Gasteiger partial charge in [0.1, 0.15) is 5.78 Å². The van der Waals surface area contributed by atoms with Crippen molar-refractivity contribution in [3.63, 3.8) is 0 Å². The molecule has 1 saturated carbocycles. The van der Waals surface area contributed by atoms with Gasteiger partial charge in [-0.15, -0.1) is 0 Å². The summed E-state index contributed by atoms with van der Waals surface area (Å²) in [6.45, 7) is 3.03. The summed E-state index contributed by atoms with van der Waals surface area (Å²) in [7, 11) is 0. The van der Waals surface area contributed by atoms with Crippen LogP contribution in [0.5, 0.6) is 0 Å². The molecule has 80 valence electrons. The topological polar surface area (TPSA) is 29.1 Å². The molecule has 1 aliphatic heterocycles. The number of nitrogens with one attached hydrogen (secondary N) is 1. The van der Waals surface area contributed by atoms with E-state index in [4.69, 9.17) is 0 Å². The smallest absolute Gasteiger partial charge is 0.137 e. The monoisotopic (exact) mass is 195 g/mol. The molecule has 0 aromatic heterocycles. The van der Waals surface area contributed by atoms with Crippen LogP contribution in [0.3, 0.4) is 0 Å². The minimum Gasteiger partial charge on any atom is -0.310 e. The molecule has 2 aliphatic rings. The SMILES string of the molecule is CCCC(=O)C1CNC2(CCCC2)C1. The van der Waals surface area contributed by atoms with E-state index in [1.54, 1.807) is 0 Å². The highest BCUT2D eigenvalue weighted by atomic mass is 16.1. The highest BCUT2D eigenvalue weighted by Gasteiger charge is 2.42. The second kappa shape index (κ2) is 4.01. The average molecular weight is 195 g/mol. The Morgan fingerprint density at radius 3 is 2.79 bits per heavy atom. The van der Waals surface area contributed by atoms with Crippen LogP contribution in [-0.2, 0) is 4.79 Å². The highest BCUT2D eigenvalue weighted by molar-refractivity contribution is 5.81. The molecule has 1 atom stereocenters. The standard InChI is InChI=1S/C12H21NO/c1-2-5-11(14)10-8-12(13-9-10)6-3-4-7-12/h10,13H,2-9H2,1H3. The molecule has 1 saturated heterocycles. The van der Waals surface area contributed by atoms with Crippen LogP contribution in [-0.4, -0.2) is 17.9 Å². The molecule has 2 heteroatoms. The Hall–Kier alpha value is -0.370. The fourth-order valence-electron chi connectivity index (χ4n) is 3.07. The zero-order chi connectivity index (χ0) is 10.0. The zero-order valence-corrected chi connectivity index (χ0v) is 9.14. The van der Waals surface area contributed by atoms with Gasteiger partial charge in [0.25, 0.3) is 0 Å². The lowest BCUT2D eigenvalue weighted by Gasteiger charge is -2.22. The van der Waals surface area contributed by atoms with Crippen LogP contribution in [0.25, 0.3) is 0 Å². The van der Waals surface area contributed by atoms with E-state index in [0.29, 0.717) is 17.2 Å². The molecule has 1 aliphatic carbocycles. The van der Waals surface area contributed by atoms with Crippen LogP contribution in [0.4, 0.5) is 0 Å². The Morgan fingerprint density at radius 1 is 1.43 bits per heavy atom. The third kappa shape index (κ3) is 1.85. The number of rotatable bonds is 3. The lowest BCUT2D eigenvalue weighted by molar-refractivity contribution is -0.122. The summed E-state index contributed by atoms with van der Waals surface area (Å²) in [5.41, 5.74) is 0.369. The van der Waals surface area contributed by atoms with Crippen LogP contribution in [0.15, 0.2) is 0 Å². The maximum atomic E-state index is 11.7. The molecule has 2 fully saturated rings. The third-order valence-corrected chi connectivity index (χ3v) is 3.87. The van der Waals surface area contributed by atoms with E-state index in [0.717, 1.165) is 25.8 Å². The van der Waals surface area contributed by atoms with Crippen molar-refractivity contribution in [1.29, 1.82) is 0 Å². The largest absolute Gasteiger partial charge is 0.310 e. The molecule has 0 radical (unpaired) electrons. The van der Waals surface area contributed by atoms with E-state index >= 15 is 0 Å². The predicted octanol–water partition coefficient (Wildman–Crippen LogP) is 2.28. The Balaban J connectivity index is 1.90.